The average Bonchev–Trinajstić information content (AvgIpc) is 2.93. The zero-order valence-corrected chi connectivity index (χ0v) is 8.93. The molecule has 0 saturated carbocycles. The van der Waals surface area contributed by atoms with Gasteiger partial charge in [0.15, 0.2) is 18.0 Å². The van der Waals surface area contributed by atoms with E-state index in [1.54, 1.807) is 20.8 Å². The van der Waals surface area contributed by atoms with Gasteiger partial charge in [-0.15, -0.1) is 0 Å². The van der Waals surface area contributed by atoms with Crippen molar-refractivity contribution in [3.05, 3.63) is 0 Å². The molecule has 15 heavy (non-hydrogen) atoms. The zero-order chi connectivity index (χ0) is 11.2. The topological polar surface area (TPSA) is 65.1 Å². The summed E-state index contributed by atoms with van der Waals surface area (Å²) in [4.78, 5) is 22.7. The van der Waals surface area contributed by atoms with Gasteiger partial charge in [0.1, 0.15) is 6.10 Å². The van der Waals surface area contributed by atoms with E-state index in [2.05, 4.69) is 0 Å². The molecule has 2 fully saturated rings. The fourth-order valence-electron chi connectivity index (χ4n) is 1.48. The summed E-state index contributed by atoms with van der Waals surface area (Å²) in [5.74, 6) is -0.619. The van der Waals surface area contributed by atoms with Crippen LogP contribution in [0, 0.1) is 5.92 Å². The lowest BCUT2D eigenvalue weighted by Gasteiger charge is -2.24. The van der Waals surface area contributed by atoms with Crippen molar-refractivity contribution >= 4 is 11.8 Å². The van der Waals surface area contributed by atoms with Crippen molar-refractivity contribution in [2.45, 2.75) is 45.4 Å². The molecule has 2 rings (SSSR count). The second kappa shape index (κ2) is 3.57. The van der Waals surface area contributed by atoms with Crippen LogP contribution in [-0.4, -0.2) is 36.4 Å². The zero-order valence-electron chi connectivity index (χ0n) is 8.93. The summed E-state index contributed by atoms with van der Waals surface area (Å²) in [7, 11) is 0. The van der Waals surface area contributed by atoms with E-state index in [1.165, 1.54) is 0 Å². The van der Waals surface area contributed by atoms with Crippen LogP contribution in [0.1, 0.15) is 20.8 Å². The van der Waals surface area contributed by atoms with Gasteiger partial charge in [-0.2, -0.15) is 0 Å². The minimum absolute atomic E-state index is 0.0724. The second-order valence-electron chi connectivity index (χ2n) is 4.16. The van der Waals surface area contributed by atoms with Gasteiger partial charge < -0.3 is 14.2 Å². The monoisotopic (exact) mass is 214 g/mol. The Morgan fingerprint density at radius 1 is 1.40 bits per heavy atom. The number of hydrogen-bond donors (Lipinski definition) is 0. The number of ether oxygens (including phenoxy) is 3. The van der Waals surface area contributed by atoms with Crippen molar-refractivity contribution in [3.8, 4) is 0 Å². The Kier molecular flexibility index (Phi) is 2.52. The van der Waals surface area contributed by atoms with Crippen LogP contribution in [0.4, 0.5) is 0 Å². The number of hydrogen-bond acceptors (Lipinski definition) is 5. The van der Waals surface area contributed by atoms with Gasteiger partial charge in [-0.1, -0.05) is 13.8 Å². The minimum atomic E-state index is -0.724. The third-order valence-corrected chi connectivity index (χ3v) is 2.52. The number of fused-ring (bicyclic) bond motifs is 1. The Labute approximate surface area is 87.7 Å². The molecule has 2 saturated heterocycles. The molecule has 4 unspecified atom stereocenters. The Bertz CT molecular complexity index is 294. The lowest BCUT2D eigenvalue weighted by Crippen LogP contribution is -2.42. The maximum absolute atomic E-state index is 11.3. The summed E-state index contributed by atoms with van der Waals surface area (Å²) in [6, 6.07) is 0. The van der Waals surface area contributed by atoms with E-state index < -0.39 is 24.6 Å². The van der Waals surface area contributed by atoms with Crippen molar-refractivity contribution < 1.29 is 23.8 Å². The van der Waals surface area contributed by atoms with Crippen LogP contribution in [0.5, 0.6) is 0 Å². The maximum Gasteiger partial charge on any atom is 0.310 e. The largest absolute Gasteiger partial charge is 0.432 e. The van der Waals surface area contributed by atoms with Gasteiger partial charge >= 0.3 is 5.97 Å². The molecule has 0 radical (unpaired) electrons. The van der Waals surface area contributed by atoms with Crippen LogP contribution in [0.2, 0.25) is 0 Å². The summed E-state index contributed by atoms with van der Waals surface area (Å²) >= 11 is 0. The van der Waals surface area contributed by atoms with Gasteiger partial charge in [0.25, 0.3) is 0 Å². The van der Waals surface area contributed by atoms with Gasteiger partial charge in [-0.25, -0.2) is 0 Å². The smallest absolute Gasteiger partial charge is 0.310 e. The number of epoxide rings is 1. The van der Waals surface area contributed by atoms with Gasteiger partial charge in [0.05, 0.1) is 5.92 Å². The predicted molar refractivity (Wildman–Crippen MR) is 48.9 cm³/mol. The van der Waals surface area contributed by atoms with Crippen LogP contribution in [-0.2, 0) is 23.8 Å². The number of carbonyl (C=O) groups excluding carboxylic acids is 2. The molecule has 0 spiro atoms. The molecular formula is C10H14O5. The Morgan fingerprint density at radius 2 is 2.07 bits per heavy atom. The van der Waals surface area contributed by atoms with E-state index >= 15 is 0 Å². The Morgan fingerprint density at radius 3 is 2.67 bits per heavy atom. The molecule has 2 aliphatic heterocycles. The highest BCUT2D eigenvalue weighted by atomic mass is 16.8. The molecule has 0 aliphatic carbocycles. The lowest BCUT2D eigenvalue weighted by atomic mass is 10.1. The van der Waals surface area contributed by atoms with E-state index in [1.807, 2.05) is 0 Å². The average molecular weight is 214 g/mol. The normalized spacial score (nSPS) is 38.8. The molecule has 4 atom stereocenters. The van der Waals surface area contributed by atoms with E-state index in [0.717, 1.165) is 0 Å². The molecule has 0 aromatic rings. The summed E-state index contributed by atoms with van der Waals surface area (Å²) in [6.07, 6.45) is -2.11. The highest BCUT2D eigenvalue weighted by molar-refractivity contribution is 5.90. The number of Topliss-reactive ketones (excluding diaryl/α,β-unsaturated/α-hetero) is 1. The molecule has 0 amide bonds. The SMILES string of the molecule is CC(C)C(=O)OC1OC(C)C(=O)C2OC12. The summed E-state index contributed by atoms with van der Waals surface area (Å²) in [6.45, 7) is 5.12. The van der Waals surface area contributed by atoms with Crippen molar-refractivity contribution in [2.75, 3.05) is 0 Å². The van der Waals surface area contributed by atoms with Crippen LogP contribution in [0.15, 0.2) is 0 Å². The third-order valence-electron chi connectivity index (χ3n) is 2.52. The molecular weight excluding hydrogens is 200 g/mol. The molecule has 2 heterocycles. The molecule has 0 aromatic carbocycles. The Hall–Kier alpha value is -0.940. The first kappa shape index (κ1) is 10.6. The molecule has 0 bridgehead atoms. The Balaban J connectivity index is 1.95. The van der Waals surface area contributed by atoms with Gasteiger partial charge in [0.2, 0.25) is 6.29 Å². The number of esters is 1. The molecule has 2 aliphatic rings. The van der Waals surface area contributed by atoms with Gasteiger partial charge in [-0.05, 0) is 6.92 Å². The van der Waals surface area contributed by atoms with E-state index in [4.69, 9.17) is 14.2 Å². The highest BCUT2D eigenvalue weighted by Gasteiger charge is 2.58. The van der Waals surface area contributed by atoms with Crippen LogP contribution in [0.3, 0.4) is 0 Å². The van der Waals surface area contributed by atoms with E-state index in [-0.39, 0.29) is 17.7 Å². The van der Waals surface area contributed by atoms with Crippen molar-refractivity contribution in [1.29, 1.82) is 0 Å². The summed E-state index contributed by atoms with van der Waals surface area (Å²) in [5, 5.41) is 0. The minimum Gasteiger partial charge on any atom is -0.432 e. The molecule has 0 N–H and O–H groups in total. The fourth-order valence-corrected chi connectivity index (χ4v) is 1.48. The standard InChI is InChI=1S/C10H14O5/c1-4(2)9(12)15-10-8-7(14-8)6(11)5(3)13-10/h4-5,7-8,10H,1-3H3. The first-order valence-corrected chi connectivity index (χ1v) is 5.06. The van der Waals surface area contributed by atoms with Crippen LogP contribution in [0.25, 0.3) is 0 Å². The summed E-state index contributed by atoms with van der Waals surface area (Å²) in [5.41, 5.74) is 0. The number of carbonyl (C=O) groups is 2. The first-order chi connectivity index (χ1) is 7.00. The highest BCUT2D eigenvalue weighted by Crippen LogP contribution is 2.35. The molecule has 5 nitrogen and oxygen atoms in total. The number of ketones is 1. The molecule has 0 aromatic heterocycles. The second-order valence-corrected chi connectivity index (χ2v) is 4.16. The third kappa shape index (κ3) is 1.89. The summed E-state index contributed by atoms with van der Waals surface area (Å²) < 4.78 is 15.4. The van der Waals surface area contributed by atoms with E-state index in [0.29, 0.717) is 0 Å². The predicted octanol–water partition coefficient (Wildman–Crippen LogP) is 0.267. The maximum atomic E-state index is 11.3. The quantitative estimate of drug-likeness (QED) is 0.487. The van der Waals surface area contributed by atoms with Crippen LogP contribution < -0.4 is 0 Å². The van der Waals surface area contributed by atoms with E-state index in [9.17, 15) is 9.59 Å². The first-order valence-electron chi connectivity index (χ1n) is 5.06. The lowest BCUT2D eigenvalue weighted by molar-refractivity contribution is -0.200. The fraction of sp³-hybridized carbons (Fsp3) is 0.800. The molecule has 5 heteroatoms. The van der Waals surface area contributed by atoms with Gasteiger partial charge in [0, 0.05) is 0 Å². The van der Waals surface area contributed by atoms with Crippen LogP contribution >= 0.6 is 0 Å². The number of rotatable bonds is 2. The van der Waals surface area contributed by atoms with Gasteiger partial charge in [-0.3, -0.25) is 9.59 Å². The van der Waals surface area contributed by atoms with Crippen molar-refractivity contribution in [2.24, 2.45) is 5.92 Å². The van der Waals surface area contributed by atoms with Crippen molar-refractivity contribution in [3.63, 3.8) is 0 Å². The molecule has 84 valence electrons. The van der Waals surface area contributed by atoms with Crippen molar-refractivity contribution in [1.82, 2.24) is 0 Å².